The molecular weight excluding hydrogens is 598 g/mol. The predicted molar refractivity (Wildman–Crippen MR) is 161 cm³/mol. The van der Waals surface area contributed by atoms with Crippen molar-refractivity contribution in [2.75, 3.05) is 17.7 Å². The van der Waals surface area contributed by atoms with Crippen LogP contribution in [0.4, 0.5) is 11.6 Å². The van der Waals surface area contributed by atoms with E-state index in [1.54, 1.807) is 11.8 Å². The number of hydrogen-bond acceptors (Lipinski definition) is 6. The third-order valence-electron chi connectivity index (χ3n) is 6.51. The Bertz CT molecular complexity index is 1600. The molecule has 1 aliphatic rings. The van der Waals surface area contributed by atoms with E-state index in [9.17, 15) is 4.79 Å². The van der Waals surface area contributed by atoms with Crippen molar-refractivity contribution < 1.29 is 9.53 Å². The van der Waals surface area contributed by atoms with Gasteiger partial charge in [0.25, 0.3) is 5.91 Å². The molecule has 0 aliphatic carbocycles. The van der Waals surface area contributed by atoms with Crippen LogP contribution in [0.2, 0.25) is 5.02 Å². The Morgan fingerprint density at radius 1 is 1.15 bits per heavy atom. The predicted octanol–water partition coefficient (Wildman–Crippen LogP) is 7.54. The van der Waals surface area contributed by atoms with E-state index in [-0.39, 0.29) is 5.91 Å². The molecule has 1 aromatic heterocycles. The molecule has 5 rings (SSSR count). The lowest BCUT2D eigenvalue weighted by atomic mass is 9.94. The standard InChI is InChI=1S/C29H27BrClN5O2S/c1-16-9-11-23(17(2)13-16)33-27(37)25-18(3)32-28-34-29(39-15-19-7-5-6-8-22(19)31)35-36(28)26(25)21-14-20(30)10-12-24(21)38-4/h5-14,26H,15H2,1-4H3,(H,33,37)(H,32,34,35)/t26-/m0/s1. The molecule has 0 spiro atoms. The van der Waals surface area contributed by atoms with E-state index >= 15 is 0 Å². The average molecular weight is 625 g/mol. The topological polar surface area (TPSA) is 81.1 Å². The molecule has 0 fully saturated rings. The molecular formula is C29H27BrClN5O2S. The summed E-state index contributed by atoms with van der Waals surface area (Å²) in [6.07, 6.45) is 0. The van der Waals surface area contributed by atoms with Gasteiger partial charge < -0.3 is 15.4 Å². The molecule has 0 saturated heterocycles. The average Bonchev–Trinajstić information content (AvgIpc) is 3.31. The number of amides is 1. The van der Waals surface area contributed by atoms with Gasteiger partial charge in [0.1, 0.15) is 11.8 Å². The first kappa shape index (κ1) is 27.3. The van der Waals surface area contributed by atoms with E-state index in [1.807, 2.05) is 81.4 Å². The normalized spacial score (nSPS) is 14.6. The molecule has 0 bridgehead atoms. The fraction of sp³-hybridized carbons (Fsp3) is 0.207. The fourth-order valence-corrected chi connectivity index (χ4v) is 6.09. The zero-order valence-electron chi connectivity index (χ0n) is 21.9. The number of carbonyl (C=O) groups excluding carboxylic acids is 1. The van der Waals surface area contributed by atoms with Crippen LogP contribution in [0.25, 0.3) is 0 Å². The molecule has 7 nitrogen and oxygen atoms in total. The van der Waals surface area contributed by atoms with Crippen molar-refractivity contribution in [1.29, 1.82) is 0 Å². The summed E-state index contributed by atoms with van der Waals surface area (Å²) < 4.78 is 8.34. The van der Waals surface area contributed by atoms with Crippen LogP contribution in [0.5, 0.6) is 5.75 Å². The Hall–Kier alpha value is -3.27. The summed E-state index contributed by atoms with van der Waals surface area (Å²) >= 11 is 11.4. The maximum atomic E-state index is 13.9. The van der Waals surface area contributed by atoms with E-state index in [0.717, 1.165) is 32.4 Å². The van der Waals surface area contributed by atoms with Crippen molar-refractivity contribution in [2.24, 2.45) is 0 Å². The number of fused-ring (bicyclic) bond motifs is 1. The fourth-order valence-electron chi connectivity index (χ4n) is 4.59. The SMILES string of the molecule is COc1ccc(Br)cc1[C@H]1C(C(=O)Nc2ccc(C)cc2C)=C(C)Nc2nc(SCc3ccccc3Cl)nn21. The van der Waals surface area contributed by atoms with Gasteiger partial charge in [-0.1, -0.05) is 75.2 Å². The van der Waals surface area contributed by atoms with E-state index in [4.69, 9.17) is 26.4 Å². The van der Waals surface area contributed by atoms with E-state index in [0.29, 0.717) is 38.9 Å². The van der Waals surface area contributed by atoms with Gasteiger partial charge in [-0.05, 0) is 62.2 Å². The zero-order valence-corrected chi connectivity index (χ0v) is 25.0. The quantitative estimate of drug-likeness (QED) is 0.207. The Morgan fingerprint density at radius 3 is 2.69 bits per heavy atom. The zero-order chi connectivity index (χ0) is 27.7. The smallest absolute Gasteiger partial charge is 0.255 e. The Morgan fingerprint density at radius 2 is 1.95 bits per heavy atom. The first-order chi connectivity index (χ1) is 18.7. The number of hydrogen-bond donors (Lipinski definition) is 2. The molecule has 1 aliphatic heterocycles. The second kappa shape index (κ2) is 11.5. The molecule has 10 heteroatoms. The number of carbonyl (C=O) groups is 1. The number of nitrogens with zero attached hydrogens (tertiary/aromatic N) is 3. The second-order valence-electron chi connectivity index (χ2n) is 9.27. The molecule has 0 radical (unpaired) electrons. The number of allylic oxidation sites excluding steroid dienone is 1. The number of rotatable bonds is 7. The highest BCUT2D eigenvalue weighted by Crippen LogP contribution is 2.41. The first-order valence-corrected chi connectivity index (χ1v) is 14.4. The Labute approximate surface area is 245 Å². The van der Waals surface area contributed by atoms with Crippen molar-refractivity contribution >= 4 is 56.8 Å². The van der Waals surface area contributed by atoms with Gasteiger partial charge in [0, 0.05) is 32.2 Å². The lowest BCUT2D eigenvalue weighted by molar-refractivity contribution is -0.113. The molecule has 2 N–H and O–H groups in total. The summed E-state index contributed by atoms with van der Waals surface area (Å²) in [6, 6.07) is 18.8. The monoisotopic (exact) mass is 623 g/mol. The summed E-state index contributed by atoms with van der Waals surface area (Å²) in [4.78, 5) is 18.6. The summed E-state index contributed by atoms with van der Waals surface area (Å²) in [5.41, 5.74) is 5.86. The van der Waals surface area contributed by atoms with Gasteiger partial charge in [-0.15, -0.1) is 5.10 Å². The van der Waals surface area contributed by atoms with E-state index in [1.165, 1.54) is 11.8 Å². The number of nitrogens with one attached hydrogen (secondary N) is 2. The largest absolute Gasteiger partial charge is 0.496 e. The molecule has 4 aromatic rings. The van der Waals surface area contributed by atoms with Crippen molar-refractivity contribution in [2.45, 2.75) is 37.7 Å². The minimum atomic E-state index is -0.582. The second-order valence-corrected chi connectivity index (χ2v) is 11.5. The molecule has 0 unspecified atom stereocenters. The summed E-state index contributed by atoms with van der Waals surface area (Å²) in [5.74, 6) is 1.57. The Balaban J connectivity index is 1.55. The van der Waals surface area contributed by atoms with Gasteiger partial charge in [-0.3, -0.25) is 4.79 Å². The van der Waals surface area contributed by atoms with Crippen LogP contribution in [0.1, 0.15) is 35.2 Å². The van der Waals surface area contributed by atoms with E-state index < -0.39 is 6.04 Å². The highest BCUT2D eigenvalue weighted by Gasteiger charge is 2.36. The van der Waals surface area contributed by atoms with Crippen LogP contribution < -0.4 is 15.4 Å². The highest BCUT2D eigenvalue weighted by molar-refractivity contribution is 9.10. The maximum Gasteiger partial charge on any atom is 0.255 e. The number of aromatic nitrogens is 3. The number of anilines is 2. The van der Waals surface area contributed by atoms with Gasteiger partial charge in [0.05, 0.1) is 12.7 Å². The van der Waals surface area contributed by atoms with Crippen LogP contribution in [-0.2, 0) is 10.5 Å². The van der Waals surface area contributed by atoms with Crippen LogP contribution in [0, 0.1) is 13.8 Å². The molecule has 200 valence electrons. The minimum Gasteiger partial charge on any atom is -0.496 e. The molecule has 0 saturated carbocycles. The number of methoxy groups -OCH3 is 1. The van der Waals surface area contributed by atoms with Crippen LogP contribution in [0.15, 0.2) is 81.6 Å². The molecule has 1 amide bonds. The summed E-state index contributed by atoms with van der Waals surface area (Å²) in [6.45, 7) is 5.89. The van der Waals surface area contributed by atoms with E-state index in [2.05, 4.69) is 26.6 Å². The molecule has 39 heavy (non-hydrogen) atoms. The van der Waals surface area contributed by atoms with Crippen molar-refractivity contribution in [3.05, 3.63) is 104 Å². The minimum absolute atomic E-state index is 0.231. The number of aryl methyl sites for hydroxylation is 2. The Kier molecular flexibility index (Phi) is 8.02. The van der Waals surface area contributed by atoms with Crippen molar-refractivity contribution in [3.8, 4) is 5.75 Å². The number of benzene rings is 3. The van der Waals surface area contributed by atoms with Crippen LogP contribution in [0.3, 0.4) is 0 Å². The van der Waals surface area contributed by atoms with Gasteiger partial charge in [0.2, 0.25) is 11.1 Å². The number of halogens is 2. The molecule has 1 atom stereocenters. The van der Waals surface area contributed by atoms with Gasteiger partial charge in [-0.2, -0.15) is 4.98 Å². The van der Waals surface area contributed by atoms with Gasteiger partial charge in [-0.25, -0.2) is 4.68 Å². The van der Waals surface area contributed by atoms with Crippen molar-refractivity contribution in [1.82, 2.24) is 14.8 Å². The third-order valence-corrected chi connectivity index (χ3v) is 8.26. The van der Waals surface area contributed by atoms with Gasteiger partial charge in [0.15, 0.2) is 0 Å². The first-order valence-electron chi connectivity index (χ1n) is 12.3. The molecule has 2 heterocycles. The lowest BCUT2D eigenvalue weighted by Gasteiger charge is -2.29. The lowest BCUT2D eigenvalue weighted by Crippen LogP contribution is -2.32. The highest BCUT2D eigenvalue weighted by atomic mass is 79.9. The van der Waals surface area contributed by atoms with Crippen molar-refractivity contribution in [3.63, 3.8) is 0 Å². The third kappa shape index (κ3) is 5.71. The van der Waals surface area contributed by atoms with Crippen LogP contribution >= 0.6 is 39.3 Å². The summed E-state index contributed by atoms with van der Waals surface area (Å²) in [5, 5.41) is 12.5. The number of ether oxygens (including phenoxy) is 1. The summed E-state index contributed by atoms with van der Waals surface area (Å²) in [7, 11) is 1.62. The number of thioether (sulfide) groups is 1. The molecule has 3 aromatic carbocycles. The van der Waals surface area contributed by atoms with Crippen LogP contribution in [-0.4, -0.2) is 27.8 Å². The maximum absolute atomic E-state index is 13.9. The van der Waals surface area contributed by atoms with Gasteiger partial charge >= 0.3 is 0 Å².